The number of aromatic nitrogens is 2. The number of hydrogen-bond donors (Lipinski definition) is 1. The molecule has 0 radical (unpaired) electrons. The maximum Gasteiger partial charge on any atom is 0.491 e. The molecule has 2 heterocycles. The highest BCUT2D eigenvalue weighted by Gasteiger charge is 2.43. The van der Waals surface area contributed by atoms with Crippen molar-refractivity contribution in [3.8, 4) is 5.88 Å². The highest BCUT2D eigenvalue weighted by Crippen LogP contribution is 2.30. The summed E-state index contributed by atoms with van der Waals surface area (Å²) < 4.78 is 47.3. The van der Waals surface area contributed by atoms with Gasteiger partial charge in [-0.3, -0.25) is 14.4 Å². The molecule has 0 saturated heterocycles. The van der Waals surface area contributed by atoms with Crippen molar-refractivity contribution < 1.29 is 41.8 Å². The topological polar surface area (TPSA) is 145 Å². The summed E-state index contributed by atoms with van der Waals surface area (Å²) in [5, 5.41) is 0. The SMILES string of the molecule is Cc1cc(OCCCc2ccc3c(c2)C(=O)N(C(C)CC(=O)OC(=O)C(F)(F)F)CC(=O)N3Cc2ccccc2)nc(N)n1. The van der Waals surface area contributed by atoms with E-state index in [0.29, 0.717) is 36.7 Å². The molecule has 1 atom stereocenters. The number of hydrogen-bond acceptors (Lipinski definition) is 9. The van der Waals surface area contributed by atoms with Crippen molar-refractivity contribution >= 4 is 35.4 Å². The van der Waals surface area contributed by atoms with Gasteiger partial charge >= 0.3 is 18.1 Å². The fraction of sp³-hybridized carbons (Fsp3) is 0.333. The van der Waals surface area contributed by atoms with Gasteiger partial charge in [0.1, 0.15) is 6.54 Å². The molecule has 0 bridgehead atoms. The van der Waals surface area contributed by atoms with Gasteiger partial charge < -0.3 is 25.0 Å². The Kier molecular flexibility index (Phi) is 9.81. The van der Waals surface area contributed by atoms with Crippen LogP contribution < -0.4 is 15.4 Å². The Hall–Kier alpha value is -5.01. The number of carbonyl (C=O) groups is 4. The number of carbonyl (C=O) groups excluding carboxylic acids is 4. The van der Waals surface area contributed by atoms with Crippen LogP contribution in [-0.2, 0) is 32.1 Å². The number of fused-ring (bicyclic) bond motifs is 1. The van der Waals surface area contributed by atoms with E-state index in [0.717, 1.165) is 16.0 Å². The van der Waals surface area contributed by atoms with Crippen LogP contribution in [0.5, 0.6) is 5.88 Å². The van der Waals surface area contributed by atoms with Crippen LogP contribution in [0.1, 0.15) is 46.9 Å². The first-order chi connectivity index (χ1) is 20.8. The third kappa shape index (κ3) is 8.08. The number of aryl methyl sites for hydroxylation is 2. The summed E-state index contributed by atoms with van der Waals surface area (Å²) >= 11 is 0. The van der Waals surface area contributed by atoms with Crippen LogP contribution in [0.4, 0.5) is 24.8 Å². The summed E-state index contributed by atoms with van der Waals surface area (Å²) in [7, 11) is 0. The molecule has 0 fully saturated rings. The van der Waals surface area contributed by atoms with Crippen molar-refractivity contribution in [1.82, 2.24) is 14.9 Å². The highest BCUT2D eigenvalue weighted by molar-refractivity contribution is 6.10. The van der Waals surface area contributed by atoms with E-state index < -0.39 is 48.9 Å². The van der Waals surface area contributed by atoms with E-state index in [1.807, 2.05) is 30.3 Å². The smallest absolute Gasteiger partial charge is 0.478 e. The van der Waals surface area contributed by atoms with Crippen LogP contribution in [0, 0.1) is 6.92 Å². The number of benzene rings is 2. The number of esters is 2. The molecule has 1 aromatic heterocycles. The number of anilines is 2. The minimum Gasteiger partial charge on any atom is -0.478 e. The highest BCUT2D eigenvalue weighted by atomic mass is 19.4. The van der Waals surface area contributed by atoms with E-state index in [1.165, 1.54) is 11.8 Å². The van der Waals surface area contributed by atoms with Crippen LogP contribution in [-0.4, -0.2) is 64.0 Å². The molecule has 2 amide bonds. The summed E-state index contributed by atoms with van der Waals surface area (Å²) in [6.45, 7) is 3.14. The lowest BCUT2D eigenvalue weighted by Crippen LogP contribution is -2.44. The molecule has 44 heavy (non-hydrogen) atoms. The first-order valence-electron chi connectivity index (χ1n) is 13.7. The summed E-state index contributed by atoms with van der Waals surface area (Å²) in [4.78, 5) is 61.1. The lowest BCUT2D eigenvalue weighted by molar-refractivity contribution is -0.202. The maximum atomic E-state index is 13.8. The van der Waals surface area contributed by atoms with Crippen LogP contribution in [0.2, 0.25) is 0 Å². The fourth-order valence-corrected chi connectivity index (χ4v) is 4.68. The third-order valence-corrected chi connectivity index (χ3v) is 6.77. The van der Waals surface area contributed by atoms with E-state index in [4.69, 9.17) is 10.5 Å². The Labute approximate surface area is 250 Å². The fourth-order valence-electron chi connectivity index (χ4n) is 4.68. The van der Waals surface area contributed by atoms with Gasteiger partial charge in [-0.05, 0) is 49.9 Å². The predicted molar refractivity (Wildman–Crippen MR) is 151 cm³/mol. The number of nitrogens with two attached hydrogens (primary N) is 1. The molecule has 3 aromatic rings. The summed E-state index contributed by atoms with van der Waals surface area (Å²) in [6.07, 6.45) is -5.05. The molecule has 0 spiro atoms. The number of ether oxygens (including phenoxy) is 2. The van der Waals surface area contributed by atoms with Gasteiger partial charge in [0, 0.05) is 17.8 Å². The minimum absolute atomic E-state index is 0.0952. The Morgan fingerprint density at radius 3 is 2.45 bits per heavy atom. The van der Waals surface area contributed by atoms with Gasteiger partial charge in [-0.25, -0.2) is 9.78 Å². The second kappa shape index (κ2) is 13.5. The molecule has 232 valence electrons. The van der Waals surface area contributed by atoms with Crippen molar-refractivity contribution in [3.63, 3.8) is 0 Å². The van der Waals surface area contributed by atoms with Gasteiger partial charge in [-0.2, -0.15) is 18.2 Å². The molecule has 1 aliphatic heterocycles. The van der Waals surface area contributed by atoms with Crippen molar-refractivity contribution in [2.45, 2.75) is 51.9 Å². The molecule has 4 rings (SSSR count). The average molecular weight is 614 g/mol. The van der Waals surface area contributed by atoms with Gasteiger partial charge in [0.05, 0.1) is 30.8 Å². The number of nitrogen functional groups attached to an aromatic ring is 1. The van der Waals surface area contributed by atoms with Crippen molar-refractivity contribution in [2.75, 3.05) is 23.8 Å². The average Bonchev–Trinajstić information content (AvgIpc) is 3.05. The number of alkyl halides is 3. The quantitative estimate of drug-likeness (QED) is 0.205. The Balaban J connectivity index is 1.55. The second-order valence-electron chi connectivity index (χ2n) is 10.2. The van der Waals surface area contributed by atoms with Gasteiger partial charge in [0.2, 0.25) is 17.7 Å². The number of amides is 2. The zero-order valence-corrected chi connectivity index (χ0v) is 24.0. The minimum atomic E-state index is -5.35. The first kappa shape index (κ1) is 31.9. The van der Waals surface area contributed by atoms with Crippen LogP contribution in [0.3, 0.4) is 0 Å². The molecular weight excluding hydrogens is 583 g/mol. The van der Waals surface area contributed by atoms with Crippen LogP contribution in [0.25, 0.3) is 0 Å². The van der Waals surface area contributed by atoms with Gasteiger partial charge in [0.25, 0.3) is 5.91 Å². The molecular formula is C30H30F3N5O6. The van der Waals surface area contributed by atoms with Gasteiger partial charge in [-0.1, -0.05) is 36.4 Å². The number of nitrogens with zero attached hydrogens (tertiary/aromatic N) is 4. The lowest BCUT2D eigenvalue weighted by atomic mass is 10.0. The molecule has 1 unspecified atom stereocenters. The lowest BCUT2D eigenvalue weighted by Gasteiger charge is -2.27. The second-order valence-corrected chi connectivity index (χ2v) is 10.2. The van der Waals surface area contributed by atoms with E-state index >= 15 is 0 Å². The zero-order chi connectivity index (χ0) is 32.0. The summed E-state index contributed by atoms with van der Waals surface area (Å²) in [5.74, 6) is -4.76. The predicted octanol–water partition coefficient (Wildman–Crippen LogP) is 3.78. The van der Waals surface area contributed by atoms with E-state index in [9.17, 15) is 32.3 Å². The summed E-state index contributed by atoms with van der Waals surface area (Å²) in [5.41, 5.74) is 8.41. The van der Waals surface area contributed by atoms with Gasteiger partial charge in [0.15, 0.2) is 0 Å². The van der Waals surface area contributed by atoms with E-state index in [2.05, 4.69) is 14.7 Å². The molecule has 0 aliphatic carbocycles. The molecule has 14 heteroatoms. The van der Waals surface area contributed by atoms with Crippen molar-refractivity contribution in [3.05, 3.63) is 77.0 Å². The molecule has 11 nitrogen and oxygen atoms in total. The van der Waals surface area contributed by atoms with E-state index in [1.54, 1.807) is 31.2 Å². The number of halogens is 3. The largest absolute Gasteiger partial charge is 0.491 e. The summed E-state index contributed by atoms with van der Waals surface area (Å²) in [6, 6.07) is 14.8. The Morgan fingerprint density at radius 1 is 1.05 bits per heavy atom. The maximum absolute atomic E-state index is 13.8. The van der Waals surface area contributed by atoms with E-state index in [-0.39, 0.29) is 18.1 Å². The standard InChI is InChI=1S/C30H30F3N5O6/c1-18-13-24(36-29(34)35-18)43-12-6-9-20-10-11-23-22(15-20)27(41)37(19(2)14-26(40)44-28(42)30(31,32)33)17-25(39)38(23)16-21-7-4-3-5-8-21/h3-5,7-8,10-11,13,15,19H,6,9,12,14,16-17H2,1-2H3,(H2,34,35,36). The van der Waals surface area contributed by atoms with Crippen molar-refractivity contribution in [1.29, 1.82) is 0 Å². The molecule has 1 aliphatic rings. The first-order valence-corrected chi connectivity index (χ1v) is 13.7. The zero-order valence-electron chi connectivity index (χ0n) is 24.0. The normalized spacial score (nSPS) is 14.1. The van der Waals surface area contributed by atoms with Crippen LogP contribution in [0.15, 0.2) is 54.6 Å². The monoisotopic (exact) mass is 613 g/mol. The Morgan fingerprint density at radius 2 is 1.77 bits per heavy atom. The third-order valence-electron chi connectivity index (χ3n) is 6.77. The molecule has 0 saturated carbocycles. The number of rotatable bonds is 10. The van der Waals surface area contributed by atoms with Gasteiger partial charge in [-0.15, -0.1) is 0 Å². The van der Waals surface area contributed by atoms with Crippen LogP contribution >= 0.6 is 0 Å². The molecule has 2 N–H and O–H groups in total. The Bertz CT molecular complexity index is 1530. The molecule has 2 aromatic carbocycles. The van der Waals surface area contributed by atoms with Crippen molar-refractivity contribution in [2.24, 2.45) is 0 Å².